The molecule has 2 N–H and O–H groups in total. The van der Waals surface area contributed by atoms with Crippen molar-refractivity contribution in [2.75, 3.05) is 26.2 Å². The molecule has 1 amide bonds. The quantitative estimate of drug-likeness (QED) is 0.787. The van der Waals surface area contributed by atoms with Gasteiger partial charge in [0, 0.05) is 12.6 Å². The molecule has 1 fully saturated rings. The summed E-state index contributed by atoms with van der Waals surface area (Å²) in [7, 11) is 0. The monoisotopic (exact) mass is 327 g/mol. The van der Waals surface area contributed by atoms with Crippen molar-refractivity contribution >= 4 is 6.09 Å². The van der Waals surface area contributed by atoms with Crippen molar-refractivity contribution in [2.45, 2.75) is 78.5 Å². The van der Waals surface area contributed by atoms with Crippen molar-refractivity contribution in [1.29, 1.82) is 0 Å². The van der Waals surface area contributed by atoms with Crippen LogP contribution in [0.3, 0.4) is 0 Å². The van der Waals surface area contributed by atoms with Gasteiger partial charge in [0.25, 0.3) is 0 Å². The van der Waals surface area contributed by atoms with Gasteiger partial charge in [-0.15, -0.1) is 0 Å². The molecular weight excluding hydrogens is 290 g/mol. The minimum absolute atomic E-state index is 0.333. The fourth-order valence-corrected chi connectivity index (χ4v) is 2.98. The second-order valence-corrected chi connectivity index (χ2v) is 8.45. The number of likely N-dealkylation sites (tertiary alicyclic amines) is 1. The lowest BCUT2D eigenvalue weighted by atomic mass is 9.90. The highest BCUT2D eigenvalue weighted by Gasteiger charge is 2.27. The Labute approximate surface area is 142 Å². The van der Waals surface area contributed by atoms with Gasteiger partial charge in [-0.25, -0.2) is 4.79 Å². The first-order valence-electron chi connectivity index (χ1n) is 8.99. The fourth-order valence-electron chi connectivity index (χ4n) is 2.98. The van der Waals surface area contributed by atoms with Crippen molar-refractivity contribution in [3.8, 4) is 0 Å². The summed E-state index contributed by atoms with van der Waals surface area (Å²) in [4.78, 5) is 14.4. The van der Waals surface area contributed by atoms with Crippen LogP contribution in [-0.2, 0) is 4.74 Å². The Balaban J connectivity index is 2.36. The van der Waals surface area contributed by atoms with Crippen LogP contribution in [0.4, 0.5) is 4.79 Å². The Morgan fingerprint density at radius 2 is 1.78 bits per heavy atom. The van der Waals surface area contributed by atoms with E-state index in [0.717, 1.165) is 19.0 Å². The van der Waals surface area contributed by atoms with E-state index in [1.165, 1.54) is 25.9 Å². The molecule has 1 unspecified atom stereocenters. The van der Waals surface area contributed by atoms with Gasteiger partial charge < -0.3 is 20.3 Å². The molecule has 0 aromatic heterocycles. The van der Waals surface area contributed by atoms with Crippen LogP contribution < -0.4 is 10.6 Å². The Bertz CT molecular complexity index is 369. The lowest BCUT2D eigenvalue weighted by Gasteiger charge is -2.36. The second kappa shape index (κ2) is 8.34. The highest BCUT2D eigenvalue weighted by Crippen LogP contribution is 2.20. The zero-order valence-corrected chi connectivity index (χ0v) is 16.2. The lowest BCUT2D eigenvalue weighted by molar-refractivity contribution is 0.0469. The predicted octanol–water partition coefficient (Wildman–Crippen LogP) is 3.00. The number of hydrogen-bond acceptors (Lipinski definition) is 4. The summed E-state index contributed by atoms with van der Waals surface area (Å²) in [5.74, 6) is 0.718. The number of ether oxygens (including phenoxy) is 1. The van der Waals surface area contributed by atoms with E-state index in [4.69, 9.17) is 4.74 Å². The van der Waals surface area contributed by atoms with Crippen LogP contribution in [0.2, 0.25) is 0 Å². The number of rotatable bonds is 6. The molecule has 0 saturated carbocycles. The zero-order chi connectivity index (χ0) is 17.7. The number of carbonyl (C=O) groups excluding carboxylic acids is 1. The molecule has 1 saturated heterocycles. The molecule has 0 aromatic carbocycles. The molecule has 0 bridgehead atoms. The molecule has 5 heteroatoms. The standard InChI is InChI=1S/C18H37N3O2/c1-8-21-11-9-15(10-12-21)14(2)19-13-18(6,7)20-16(22)23-17(3,4)5/h14-15,19H,8-13H2,1-7H3,(H,20,22). The normalized spacial score (nSPS) is 19.4. The first-order valence-corrected chi connectivity index (χ1v) is 8.99. The zero-order valence-electron chi connectivity index (χ0n) is 16.2. The third kappa shape index (κ3) is 8.02. The Kier molecular flexibility index (Phi) is 7.33. The number of alkyl carbamates (subject to hydrolysis) is 1. The van der Waals surface area contributed by atoms with Crippen LogP contribution >= 0.6 is 0 Å². The predicted molar refractivity (Wildman–Crippen MR) is 95.8 cm³/mol. The molecule has 1 aliphatic heterocycles. The van der Waals surface area contributed by atoms with E-state index in [9.17, 15) is 4.79 Å². The van der Waals surface area contributed by atoms with Crippen molar-refractivity contribution in [2.24, 2.45) is 5.92 Å². The Morgan fingerprint density at radius 3 is 2.26 bits per heavy atom. The van der Waals surface area contributed by atoms with E-state index in [1.807, 2.05) is 34.6 Å². The van der Waals surface area contributed by atoms with Crippen molar-refractivity contribution in [3.63, 3.8) is 0 Å². The Morgan fingerprint density at radius 1 is 1.22 bits per heavy atom. The minimum atomic E-state index is -0.464. The maximum Gasteiger partial charge on any atom is 0.408 e. The summed E-state index contributed by atoms with van der Waals surface area (Å²) in [5, 5.41) is 6.56. The molecule has 0 radical (unpaired) electrons. The first kappa shape index (κ1) is 20.2. The summed E-state index contributed by atoms with van der Waals surface area (Å²) in [6.45, 7) is 18.5. The van der Waals surface area contributed by atoms with E-state index in [1.54, 1.807) is 0 Å². The smallest absolute Gasteiger partial charge is 0.408 e. The van der Waals surface area contributed by atoms with Gasteiger partial charge in [0.2, 0.25) is 0 Å². The van der Waals surface area contributed by atoms with E-state index < -0.39 is 5.60 Å². The van der Waals surface area contributed by atoms with Crippen LogP contribution in [0, 0.1) is 5.92 Å². The van der Waals surface area contributed by atoms with Gasteiger partial charge in [0.05, 0.1) is 5.54 Å². The number of piperidine rings is 1. The number of carbonyl (C=O) groups is 1. The van der Waals surface area contributed by atoms with Crippen LogP contribution in [-0.4, -0.2) is 54.4 Å². The summed E-state index contributed by atoms with van der Waals surface area (Å²) >= 11 is 0. The van der Waals surface area contributed by atoms with Gasteiger partial charge in [-0.05, 0) is 79.9 Å². The number of nitrogens with one attached hydrogen (secondary N) is 2. The second-order valence-electron chi connectivity index (χ2n) is 8.45. The molecular formula is C18H37N3O2. The summed E-state index contributed by atoms with van der Waals surface area (Å²) in [5.41, 5.74) is -0.797. The molecule has 1 rings (SSSR count). The topological polar surface area (TPSA) is 53.6 Å². The van der Waals surface area contributed by atoms with Crippen molar-refractivity contribution in [3.05, 3.63) is 0 Å². The number of hydrogen-bond donors (Lipinski definition) is 2. The third-order valence-electron chi connectivity index (χ3n) is 4.49. The summed E-state index contributed by atoms with van der Waals surface area (Å²) in [6.07, 6.45) is 2.15. The number of nitrogens with zero attached hydrogens (tertiary/aromatic N) is 1. The maximum absolute atomic E-state index is 11.9. The Hall–Kier alpha value is -0.810. The minimum Gasteiger partial charge on any atom is -0.444 e. The molecule has 1 heterocycles. The molecule has 1 atom stereocenters. The van der Waals surface area contributed by atoms with Crippen LogP contribution in [0.1, 0.15) is 61.3 Å². The molecule has 0 aromatic rings. The van der Waals surface area contributed by atoms with E-state index in [-0.39, 0.29) is 11.6 Å². The molecule has 1 aliphatic rings. The van der Waals surface area contributed by atoms with Gasteiger partial charge in [-0.2, -0.15) is 0 Å². The largest absolute Gasteiger partial charge is 0.444 e. The third-order valence-corrected chi connectivity index (χ3v) is 4.49. The SMILES string of the molecule is CCN1CCC(C(C)NCC(C)(C)NC(=O)OC(C)(C)C)CC1. The van der Waals surface area contributed by atoms with Gasteiger partial charge in [0.15, 0.2) is 0 Å². The summed E-state index contributed by atoms with van der Waals surface area (Å²) < 4.78 is 5.34. The van der Waals surface area contributed by atoms with Crippen LogP contribution in [0.5, 0.6) is 0 Å². The average Bonchev–Trinajstić information content (AvgIpc) is 2.42. The van der Waals surface area contributed by atoms with Crippen molar-refractivity contribution < 1.29 is 9.53 Å². The molecule has 0 aliphatic carbocycles. The van der Waals surface area contributed by atoms with Gasteiger partial charge >= 0.3 is 6.09 Å². The van der Waals surface area contributed by atoms with Gasteiger partial charge in [0.1, 0.15) is 5.60 Å². The lowest BCUT2D eigenvalue weighted by Crippen LogP contribution is -2.54. The van der Waals surface area contributed by atoms with Crippen LogP contribution in [0.25, 0.3) is 0 Å². The fraction of sp³-hybridized carbons (Fsp3) is 0.944. The maximum atomic E-state index is 11.9. The molecule has 136 valence electrons. The van der Waals surface area contributed by atoms with Crippen LogP contribution in [0.15, 0.2) is 0 Å². The first-order chi connectivity index (χ1) is 10.5. The summed E-state index contributed by atoms with van der Waals surface area (Å²) in [6, 6.07) is 0.466. The molecule has 23 heavy (non-hydrogen) atoms. The molecule has 5 nitrogen and oxygen atoms in total. The van der Waals surface area contributed by atoms with Gasteiger partial charge in [-0.3, -0.25) is 0 Å². The van der Waals surface area contributed by atoms with E-state index in [2.05, 4.69) is 29.4 Å². The van der Waals surface area contributed by atoms with Crippen molar-refractivity contribution in [1.82, 2.24) is 15.5 Å². The average molecular weight is 328 g/mol. The highest BCUT2D eigenvalue weighted by atomic mass is 16.6. The van der Waals surface area contributed by atoms with E-state index in [0.29, 0.717) is 6.04 Å². The van der Waals surface area contributed by atoms with E-state index >= 15 is 0 Å². The molecule has 0 spiro atoms. The van der Waals surface area contributed by atoms with Gasteiger partial charge in [-0.1, -0.05) is 6.92 Å². The highest BCUT2D eigenvalue weighted by molar-refractivity contribution is 5.68. The number of amides is 1.